The van der Waals surface area contributed by atoms with Crippen molar-refractivity contribution in [3.8, 4) is 0 Å². The number of rotatable bonds is 1. The Kier molecular flexibility index (Phi) is 4.51. The average Bonchev–Trinajstić information content (AvgIpc) is 3.15. The predicted molar refractivity (Wildman–Crippen MR) is 113 cm³/mol. The molecule has 0 saturated carbocycles. The van der Waals surface area contributed by atoms with Gasteiger partial charge in [0, 0.05) is 23.5 Å². The number of hydrogen-bond acceptors (Lipinski definition) is 3. The van der Waals surface area contributed by atoms with E-state index in [0.29, 0.717) is 0 Å². The van der Waals surface area contributed by atoms with Crippen LogP contribution in [-0.4, -0.2) is 13.2 Å². The summed E-state index contributed by atoms with van der Waals surface area (Å²) in [6, 6.07) is 18.3. The molecule has 2 heterocycles. The number of anilines is 3. The second-order valence-corrected chi connectivity index (χ2v) is 7.62. The number of furan rings is 1. The van der Waals surface area contributed by atoms with Gasteiger partial charge < -0.3 is 14.2 Å². The molecule has 4 heteroatoms. The summed E-state index contributed by atoms with van der Waals surface area (Å²) in [4.78, 5) is 4.76. The van der Waals surface area contributed by atoms with Crippen LogP contribution in [0.4, 0.5) is 17.1 Å². The number of aryl methyl sites for hydroxylation is 2. The molecule has 1 aliphatic heterocycles. The molecule has 0 fully saturated rings. The molecule has 0 aliphatic carbocycles. The third-order valence-electron chi connectivity index (χ3n) is 6.09. The minimum absolute atomic E-state index is 0. The summed E-state index contributed by atoms with van der Waals surface area (Å²) >= 11 is 0. The molecule has 143 valence electrons. The number of nitrogens with zero attached hydrogens (tertiary/aromatic N) is 2. The van der Waals surface area contributed by atoms with Gasteiger partial charge in [0.2, 0.25) is 0 Å². The molecule has 0 N–H and O–H groups in total. The van der Waals surface area contributed by atoms with Crippen LogP contribution in [0.15, 0.2) is 46.9 Å². The van der Waals surface area contributed by atoms with E-state index in [1.807, 2.05) is 12.1 Å². The van der Waals surface area contributed by atoms with Gasteiger partial charge in [0.05, 0.1) is 6.17 Å². The maximum absolute atomic E-state index is 6.18. The molecule has 0 amide bonds. The summed E-state index contributed by atoms with van der Waals surface area (Å²) in [5.41, 5.74) is 9.28. The molecule has 0 saturated heterocycles. The predicted octanol–water partition coefficient (Wildman–Crippen LogP) is 6.24. The molecular formula is C24H23N2ORu. The maximum Gasteiger partial charge on any atom is 1.00 e. The molecule has 3 aromatic carbocycles. The quantitative estimate of drug-likeness (QED) is 0.250. The number of benzene rings is 3. The molecule has 0 spiro atoms. The van der Waals surface area contributed by atoms with Crippen molar-refractivity contribution in [1.82, 2.24) is 0 Å². The van der Waals surface area contributed by atoms with Crippen LogP contribution >= 0.6 is 0 Å². The van der Waals surface area contributed by atoms with Crippen LogP contribution < -0.4 is 9.80 Å². The van der Waals surface area contributed by atoms with Crippen molar-refractivity contribution >= 4 is 39.0 Å². The second kappa shape index (κ2) is 6.63. The Hall–Kier alpha value is -2.32. The van der Waals surface area contributed by atoms with Crippen molar-refractivity contribution in [2.24, 2.45) is 0 Å². The van der Waals surface area contributed by atoms with E-state index in [0.717, 1.165) is 11.2 Å². The third-order valence-corrected chi connectivity index (χ3v) is 6.09. The number of fused-ring (bicyclic) bond motifs is 4. The molecule has 1 radical (unpaired) electrons. The van der Waals surface area contributed by atoms with E-state index < -0.39 is 0 Å². The van der Waals surface area contributed by atoms with E-state index >= 15 is 0 Å². The van der Waals surface area contributed by atoms with Crippen molar-refractivity contribution in [2.45, 2.75) is 33.9 Å². The van der Waals surface area contributed by atoms with Crippen LogP contribution in [0.25, 0.3) is 21.9 Å². The topological polar surface area (TPSA) is 19.6 Å². The number of hydrogen-bond donors (Lipinski definition) is 0. The number of para-hydroxylation sites is 1. The molecule has 1 aromatic heterocycles. The van der Waals surface area contributed by atoms with Gasteiger partial charge in [-0.15, -0.1) is 6.07 Å². The first-order chi connectivity index (χ1) is 13.0. The van der Waals surface area contributed by atoms with Crippen LogP contribution in [0, 0.1) is 26.8 Å². The van der Waals surface area contributed by atoms with Gasteiger partial charge in [0.25, 0.3) is 0 Å². The zero-order valence-electron chi connectivity index (χ0n) is 16.8. The van der Waals surface area contributed by atoms with E-state index in [9.17, 15) is 0 Å². The zero-order valence-corrected chi connectivity index (χ0v) is 18.5. The monoisotopic (exact) mass is 457 g/mol. The Balaban J connectivity index is 0.00000192. The Morgan fingerprint density at radius 2 is 1.68 bits per heavy atom. The molecule has 5 rings (SSSR count). The van der Waals surface area contributed by atoms with E-state index in [4.69, 9.17) is 4.42 Å². The minimum atomic E-state index is 0. The van der Waals surface area contributed by atoms with Gasteiger partial charge in [-0.25, -0.2) is 0 Å². The van der Waals surface area contributed by atoms with Crippen LogP contribution in [0.1, 0.15) is 23.6 Å². The first-order valence-corrected chi connectivity index (χ1v) is 9.43. The molecule has 3 nitrogen and oxygen atoms in total. The van der Waals surface area contributed by atoms with Crippen LogP contribution in [0.5, 0.6) is 0 Å². The second-order valence-electron chi connectivity index (χ2n) is 7.62. The molecular weight excluding hydrogens is 433 g/mol. The Labute approximate surface area is 178 Å². The summed E-state index contributed by atoms with van der Waals surface area (Å²) in [6.07, 6.45) is 0.240. The standard InChI is InChI=1S/C24H23N2O.Ru/c1-14-10-11-20-22(12-14)25(5)17(4)26(20)21-13-19-18-8-6-7-9-23(18)27-24(19)16(3)15(21)2;/h6-9,11-13,17H,1-5H3;/q-1;+1/t17-;/m1./s1. The molecule has 0 bridgehead atoms. The van der Waals surface area contributed by atoms with Gasteiger partial charge in [-0.2, -0.15) is 17.7 Å². The van der Waals surface area contributed by atoms with Gasteiger partial charge in [0.15, 0.2) is 0 Å². The smallest absolute Gasteiger partial charge is 0.456 e. The van der Waals surface area contributed by atoms with E-state index in [1.54, 1.807) is 0 Å². The SMILES string of the molecule is Cc1[c-]cc2c(c1)N(C)[C@@H](C)N2c1cc2c(oc3ccccc32)c(C)c1C.[Ru+]. The summed E-state index contributed by atoms with van der Waals surface area (Å²) < 4.78 is 6.18. The zero-order chi connectivity index (χ0) is 18.9. The van der Waals surface area contributed by atoms with Crippen molar-refractivity contribution in [3.05, 3.63) is 65.2 Å². The van der Waals surface area contributed by atoms with Gasteiger partial charge in [0.1, 0.15) is 11.2 Å². The third kappa shape index (κ3) is 2.51. The molecule has 4 aromatic rings. The van der Waals surface area contributed by atoms with Gasteiger partial charge in [-0.05, 0) is 55.4 Å². The van der Waals surface area contributed by atoms with Crippen LogP contribution in [-0.2, 0) is 19.5 Å². The van der Waals surface area contributed by atoms with Crippen molar-refractivity contribution < 1.29 is 23.9 Å². The fraction of sp³-hybridized carbons (Fsp3) is 0.250. The maximum atomic E-state index is 6.18. The molecule has 0 unspecified atom stereocenters. The Morgan fingerprint density at radius 1 is 0.929 bits per heavy atom. The van der Waals surface area contributed by atoms with Crippen molar-refractivity contribution in [1.29, 1.82) is 0 Å². The van der Waals surface area contributed by atoms with E-state index in [-0.39, 0.29) is 25.6 Å². The first kappa shape index (κ1) is 19.0. The summed E-state index contributed by atoms with van der Waals surface area (Å²) in [7, 11) is 2.16. The van der Waals surface area contributed by atoms with Gasteiger partial charge in [-0.3, -0.25) is 0 Å². The first-order valence-electron chi connectivity index (χ1n) is 9.43. The Bertz CT molecular complexity index is 1210. The van der Waals surface area contributed by atoms with E-state index in [2.05, 4.69) is 80.9 Å². The van der Waals surface area contributed by atoms with Gasteiger partial charge in [-0.1, -0.05) is 25.1 Å². The van der Waals surface area contributed by atoms with Gasteiger partial charge >= 0.3 is 19.5 Å². The molecule has 28 heavy (non-hydrogen) atoms. The average molecular weight is 457 g/mol. The minimum Gasteiger partial charge on any atom is -0.456 e. The van der Waals surface area contributed by atoms with Crippen LogP contribution in [0.3, 0.4) is 0 Å². The summed E-state index contributed by atoms with van der Waals surface area (Å²) in [5.74, 6) is 0. The molecule has 1 atom stereocenters. The fourth-order valence-corrected chi connectivity index (χ4v) is 4.30. The van der Waals surface area contributed by atoms with Crippen molar-refractivity contribution in [2.75, 3.05) is 16.8 Å². The van der Waals surface area contributed by atoms with Crippen LogP contribution in [0.2, 0.25) is 0 Å². The van der Waals surface area contributed by atoms with E-state index in [1.165, 1.54) is 44.5 Å². The van der Waals surface area contributed by atoms with Crippen molar-refractivity contribution in [3.63, 3.8) is 0 Å². The summed E-state index contributed by atoms with van der Waals surface area (Å²) in [5, 5.41) is 2.36. The largest absolute Gasteiger partial charge is 1.00 e. The Morgan fingerprint density at radius 3 is 2.46 bits per heavy atom. The fourth-order valence-electron chi connectivity index (χ4n) is 4.30. The summed E-state index contributed by atoms with van der Waals surface area (Å²) in [6.45, 7) is 8.71. The molecule has 1 aliphatic rings. The normalized spacial score (nSPS) is 16.0.